The SMILES string of the molecule is CNC(CCC1(C(N)=O)c2ccccc2-c2ccccc21)C(C)C. The molecule has 0 heterocycles. The first-order valence-corrected chi connectivity index (χ1v) is 8.69. The first-order chi connectivity index (χ1) is 11.5. The molecular weight excluding hydrogens is 296 g/mol. The summed E-state index contributed by atoms with van der Waals surface area (Å²) >= 11 is 0. The molecule has 0 aromatic heterocycles. The summed E-state index contributed by atoms with van der Waals surface area (Å²) in [5.41, 5.74) is 9.66. The van der Waals surface area contributed by atoms with Gasteiger partial charge in [-0.1, -0.05) is 62.4 Å². The number of carbonyl (C=O) groups excluding carboxylic acids is 1. The maximum atomic E-state index is 12.7. The van der Waals surface area contributed by atoms with E-state index in [1.54, 1.807) is 0 Å². The number of carbonyl (C=O) groups is 1. The molecule has 0 spiro atoms. The van der Waals surface area contributed by atoms with E-state index in [9.17, 15) is 4.79 Å². The lowest BCUT2D eigenvalue weighted by Gasteiger charge is -2.31. The van der Waals surface area contributed by atoms with Gasteiger partial charge in [-0.05, 0) is 48.1 Å². The maximum absolute atomic E-state index is 12.7. The topological polar surface area (TPSA) is 55.1 Å². The Kier molecular flexibility index (Phi) is 4.46. The molecule has 1 atom stereocenters. The molecule has 1 amide bonds. The maximum Gasteiger partial charge on any atom is 0.232 e. The summed E-state index contributed by atoms with van der Waals surface area (Å²) in [6.07, 6.45) is 1.62. The zero-order valence-electron chi connectivity index (χ0n) is 14.7. The highest BCUT2D eigenvalue weighted by Gasteiger charge is 2.47. The van der Waals surface area contributed by atoms with Crippen molar-refractivity contribution in [2.24, 2.45) is 11.7 Å². The van der Waals surface area contributed by atoms with Crippen molar-refractivity contribution >= 4 is 5.91 Å². The van der Waals surface area contributed by atoms with Gasteiger partial charge in [-0.25, -0.2) is 0 Å². The molecule has 3 nitrogen and oxygen atoms in total. The van der Waals surface area contributed by atoms with Gasteiger partial charge in [0, 0.05) is 6.04 Å². The van der Waals surface area contributed by atoms with Crippen molar-refractivity contribution in [3.05, 3.63) is 59.7 Å². The fraction of sp³-hybridized carbons (Fsp3) is 0.381. The molecule has 0 saturated carbocycles. The summed E-state index contributed by atoms with van der Waals surface area (Å²) in [6, 6.07) is 16.7. The minimum atomic E-state index is -0.725. The van der Waals surface area contributed by atoms with Gasteiger partial charge < -0.3 is 11.1 Å². The number of hydrogen-bond acceptors (Lipinski definition) is 2. The number of fused-ring (bicyclic) bond motifs is 3. The molecule has 2 aromatic rings. The molecule has 0 radical (unpaired) electrons. The second-order valence-electron chi connectivity index (χ2n) is 7.04. The molecule has 1 aliphatic carbocycles. The van der Waals surface area contributed by atoms with Crippen LogP contribution in [-0.2, 0) is 10.2 Å². The van der Waals surface area contributed by atoms with Gasteiger partial charge in [0.1, 0.15) is 0 Å². The summed E-state index contributed by atoms with van der Waals surface area (Å²) in [5.74, 6) is 0.255. The Bertz CT molecular complexity index is 706. The van der Waals surface area contributed by atoms with E-state index in [0.29, 0.717) is 12.0 Å². The minimum absolute atomic E-state index is 0.251. The Hall–Kier alpha value is -2.13. The van der Waals surface area contributed by atoms with Crippen molar-refractivity contribution in [1.82, 2.24) is 5.32 Å². The summed E-state index contributed by atoms with van der Waals surface area (Å²) in [5, 5.41) is 3.38. The van der Waals surface area contributed by atoms with Crippen molar-refractivity contribution in [3.8, 4) is 11.1 Å². The van der Waals surface area contributed by atoms with Gasteiger partial charge in [0.15, 0.2) is 0 Å². The van der Waals surface area contributed by atoms with Crippen LogP contribution >= 0.6 is 0 Å². The molecule has 0 fully saturated rings. The number of nitrogens with two attached hydrogens (primary N) is 1. The van der Waals surface area contributed by atoms with E-state index in [0.717, 1.165) is 35.1 Å². The van der Waals surface area contributed by atoms with Crippen LogP contribution in [0.25, 0.3) is 11.1 Å². The van der Waals surface area contributed by atoms with Crippen LogP contribution in [-0.4, -0.2) is 19.0 Å². The molecule has 0 saturated heterocycles. The van der Waals surface area contributed by atoms with E-state index in [1.165, 1.54) is 0 Å². The summed E-state index contributed by atoms with van der Waals surface area (Å²) < 4.78 is 0. The monoisotopic (exact) mass is 322 g/mol. The van der Waals surface area contributed by atoms with Crippen molar-refractivity contribution in [2.75, 3.05) is 7.05 Å². The Balaban J connectivity index is 2.11. The van der Waals surface area contributed by atoms with Crippen molar-refractivity contribution < 1.29 is 4.79 Å². The molecule has 3 N–H and O–H groups in total. The molecule has 2 aromatic carbocycles. The lowest BCUT2D eigenvalue weighted by Crippen LogP contribution is -2.43. The highest BCUT2D eigenvalue weighted by Crippen LogP contribution is 2.51. The lowest BCUT2D eigenvalue weighted by atomic mass is 9.72. The number of hydrogen-bond donors (Lipinski definition) is 2. The molecule has 126 valence electrons. The predicted octanol–water partition coefficient (Wildman–Crippen LogP) is 3.46. The molecule has 1 unspecified atom stereocenters. The van der Waals surface area contributed by atoms with Crippen LogP contribution in [0.4, 0.5) is 0 Å². The fourth-order valence-corrected chi connectivity index (χ4v) is 4.17. The van der Waals surface area contributed by atoms with Crippen molar-refractivity contribution in [1.29, 1.82) is 0 Å². The highest BCUT2D eigenvalue weighted by atomic mass is 16.1. The molecule has 3 rings (SSSR count). The van der Waals surface area contributed by atoms with E-state index < -0.39 is 5.41 Å². The van der Waals surface area contributed by atoms with Crippen molar-refractivity contribution in [3.63, 3.8) is 0 Å². The van der Waals surface area contributed by atoms with Crippen LogP contribution in [0.3, 0.4) is 0 Å². The first-order valence-electron chi connectivity index (χ1n) is 8.69. The van der Waals surface area contributed by atoms with Crippen LogP contribution in [0, 0.1) is 5.92 Å². The van der Waals surface area contributed by atoms with E-state index >= 15 is 0 Å². The van der Waals surface area contributed by atoms with E-state index in [-0.39, 0.29) is 5.91 Å². The van der Waals surface area contributed by atoms with Gasteiger partial charge >= 0.3 is 0 Å². The summed E-state index contributed by atoms with van der Waals surface area (Å²) in [6.45, 7) is 4.41. The largest absolute Gasteiger partial charge is 0.369 e. The van der Waals surface area contributed by atoms with Crippen LogP contribution in [0.15, 0.2) is 48.5 Å². The van der Waals surface area contributed by atoms with E-state index in [2.05, 4.69) is 43.4 Å². The average Bonchev–Trinajstić information content (AvgIpc) is 2.87. The molecular formula is C21H26N2O. The Morgan fingerprint density at radius 3 is 1.96 bits per heavy atom. The standard InChI is InChI=1S/C21H26N2O/c1-14(2)19(23-3)12-13-21(20(22)24)17-10-6-4-8-15(17)16-9-5-7-11-18(16)21/h4-11,14,19,23H,12-13H2,1-3H3,(H2,22,24). The third kappa shape index (κ3) is 2.44. The van der Waals surface area contributed by atoms with Crippen LogP contribution < -0.4 is 11.1 Å². The number of amides is 1. The van der Waals surface area contributed by atoms with E-state index in [1.807, 2.05) is 31.3 Å². The number of rotatable bonds is 6. The molecule has 0 aliphatic heterocycles. The van der Waals surface area contributed by atoms with Gasteiger partial charge in [0.05, 0.1) is 5.41 Å². The van der Waals surface area contributed by atoms with Crippen LogP contribution in [0.1, 0.15) is 37.8 Å². The van der Waals surface area contributed by atoms with E-state index in [4.69, 9.17) is 5.73 Å². The molecule has 0 bridgehead atoms. The first kappa shape index (κ1) is 16.7. The average molecular weight is 322 g/mol. The molecule has 24 heavy (non-hydrogen) atoms. The van der Waals surface area contributed by atoms with Gasteiger partial charge in [-0.2, -0.15) is 0 Å². The Morgan fingerprint density at radius 2 is 1.54 bits per heavy atom. The number of benzene rings is 2. The third-order valence-corrected chi connectivity index (χ3v) is 5.49. The summed E-state index contributed by atoms with van der Waals surface area (Å²) in [4.78, 5) is 12.7. The Labute approximate surface area is 144 Å². The van der Waals surface area contributed by atoms with Gasteiger partial charge in [-0.15, -0.1) is 0 Å². The zero-order chi connectivity index (χ0) is 17.3. The second kappa shape index (κ2) is 6.40. The highest BCUT2D eigenvalue weighted by molar-refractivity contribution is 5.99. The summed E-state index contributed by atoms with van der Waals surface area (Å²) in [7, 11) is 1.98. The predicted molar refractivity (Wildman–Crippen MR) is 98.8 cm³/mol. The molecule has 1 aliphatic rings. The van der Waals surface area contributed by atoms with Gasteiger partial charge in [0.2, 0.25) is 5.91 Å². The zero-order valence-corrected chi connectivity index (χ0v) is 14.7. The second-order valence-corrected chi connectivity index (χ2v) is 7.04. The number of primary amides is 1. The smallest absolute Gasteiger partial charge is 0.232 e. The van der Waals surface area contributed by atoms with Crippen LogP contribution in [0.2, 0.25) is 0 Å². The lowest BCUT2D eigenvalue weighted by molar-refractivity contribution is -0.122. The van der Waals surface area contributed by atoms with Gasteiger partial charge in [0.25, 0.3) is 0 Å². The Morgan fingerprint density at radius 1 is 1.04 bits per heavy atom. The van der Waals surface area contributed by atoms with Gasteiger partial charge in [-0.3, -0.25) is 4.79 Å². The normalized spacial score (nSPS) is 15.8. The minimum Gasteiger partial charge on any atom is -0.369 e. The van der Waals surface area contributed by atoms with Crippen LogP contribution in [0.5, 0.6) is 0 Å². The number of nitrogens with one attached hydrogen (secondary N) is 1. The third-order valence-electron chi connectivity index (χ3n) is 5.49. The quantitative estimate of drug-likeness (QED) is 0.855. The fourth-order valence-electron chi connectivity index (χ4n) is 4.17. The van der Waals surface area contributed by atoms with Crippen molar-refractivity contribution in [2.45, 2.75) is 38.1 Å². The molecule has 3 heteroatoms.